The Balaban J connectivity index is 2.18. The lowest BCUT2D eigenvalue weighted by Gasteiger charge is -2.41. The third-order valence-corrected chi connectivity index (χ3v) is 4.50. The Morgan fingerprint density at radius 2 is 2.07 bits per heavy atom. The van der Waals surface area contributed by atoms with Gasteiger partial charge in [-0.15, -0.1) is 0 Å². The zero-order chi connectivity index (χ0) is 20.8. The van der Waals surface area contributed by atoms with Gasteiger partial charge >= 0.3 is 6.03 Å². The molecule has 10 heteroatoms. The Kier molecular flexibility index (Phi) is 6.83. The van der Waals surface area contributed by atoms with Gasteiger partial charge in [-0.2, -0.15) is 0 Å². The quantitative estimate of drug-likeness (QED) is 0.406. The summed E-state index contributed by atoms with van der Waals surface area (Å²) in [5, 5.41) is 13.3. The number of para-hydroxylation sites is 1. The van der Waals surface area contributed by atoms with Gasteiger partial charge in [0.15, 0.2) is 0 Å². The summed E-state index contributed by atoms with van der Waals surface area (Å²) in [5.74, 6) is -1.24. The lowest BCUT2D eigenvalue weighted by atomic mass is 10.1. The van der Waals surface area contributed by atoms with Crippen LogP contribution in [0.25, 0.3) is 6.08 Å². The van der Waals surface area contributed by atoms with E-state index < -0.39 is 35.0 Å². The summed E-state index contributed by atoms with van der Waals surface area (Å²) < 4.78 is 0. The minimum absolute atomic E-state index is 0.141. The Labute approximate surface area is 162 Å². The van der Waals surface area contributed by atoms with E-state index in [0.717, 1.165) is 17.4 Å². The lowest BCUT2D eigenvalue weighted by molar-refractivity contribution is -0.385. The second-order valence-corrected chi connectivity index (χ2v) is 6.38. The molecule has 1 fully saturated rings. The van der Waals surface area contributed by atoms with Crippen molar-refractivity contribution in [2.24, 2.45) is 5.73 Å². The molecule has 1 saturated heterocycles. The maximum atomic E-state index is 12.5. The van der Waals surface area contributed by atoms with Gasteiger partial charge in [0.1, 0.15) is 12.2 Å². The third-order valence-electron chi connectivity index (χ3n) is 4.50. The second kappa shape index (κ2) is 9.09. The highest BCUT2D eigenvalue weighted by molar-refractivity contribution is 6.03. The molecule has 2 rings (SSSR count). The number of nitrogens with zero attached hydrogens (tertiary/aromatic N) is 3. The lowest BCUT2D eigenvalue weighted by Crippen LogP contribution is -2.70. The summed E-state index contributed by atoms with van der Waals surface area (Å²) in [4.78, 5) is 49.7. The monoisotopic (exact) mass is 389 g/mol. The maximum Gasteiger partial charge on any atom is 0.325 e. The number of carbonyl (C=O) groups is 3. The van der Waals surface area contributed by atoms with Gasteiger partial charge in [0.25, 0.3) is 11.6 Å². The molecule has 3 N–H and O–H groups in total. The van der Waals surface area contributed by atoms with E-state index in [1.807, 2.05) is 6.92 Å². The number of benzene rings is 1. The summed E-state index contributed by atoms with van der Waals surface area (Å²) >= 11 is 0. The van der Waals surface area contributed by atoms with Gasteiger partial charge in [-0.05, 0) is 18.6 Å². The molecule has 1 aliphatic rings. The van der Waals surface area contributed by atoms with Gasteiger partial charge in [0.2, 0.25) is 5.91 Å². The smallest absolute Gasteiger partial charge is 0.325 e. The molecule has 1 aromatic carbocycles. The number of nitro benzene ring substituents is 1. The van der Waals surface area contributed by atoms with E-state index >= 15 is 0 Å². The van der Waals surface area contributed by atoms with Gasteiger partial charge in [0.05, 0.1) is 10.5 Å². The van der Waals surface area contributed by atoms with Crippen molar-refractivity contribution < 1.29 is 19.3 Å². The van der Waals surface area contributed by atoms with Crippen molar-refractivity contribution in [3.05, 3.63) is 46.0 Å². The Morgan fingerprint density at radius 1 is 1.39 bits per heavy atom. The first-order valence-corrected chi connectivity index (χ1v) is 8.83. The number of rotatable bonds is 7. The van der Waals surface area contributed by atoms with E-state index in [-0.39, 0.29) is 11.3 Å². The predicted molar refractivity (Wildman–Crippen MR) is 102 cm³/mol. The highest BCUT2D eigenvalue weighted by atomic mass is 16.6. The first-order chi connectivity index (χ1) is 13.3. The zero-order valence-electron chi connectivity index (χ0n) is 15.7. The number of nitrogens with two attached hydrogens (primary N) is 1. The average molecular weight is 389 g/mol. The topological polar surface area (TPSA) is 139 Å². The first-order valence-electron chi connectivity index (χ1n) is 8.83. The molecule has 4 amide bonds. The van der Waals surface area contributed by atoms with Crippen molar-refractivity contribution in [2.45, 2.75) is 32.0 Å². The number of hydrogen-bond acceptors (Lipinski definition) is 6. The molecular weight excluding hydrogens is 366 g/mol. The predicted octanol–water partition coefficient (Wildman–Crippen LogP) is 1.07. The normalized spacial score (nSPS) is 19.6. The molecule has 0 aliphatic carbocycles. The molecule has 10 nitrogen and oxygen atoms in total. The van der Waals surface area contributed by atoms with Gasteiger partial charge in [0, 0.05) is 25.7 Å². The van der Waals surface area contributed by atoms with Gasteiger partial charge in [-0.1, -0.05) is 25.5 Å². The van der Waals surface area contributed by atoms with Gasteiger partial charge in [-0.25, -0.2) is 4.79 Å². The van der Waals surface area contributed by atoms with E-state index in [2.05, 4.69) is 5.32 Å². The minimum Gasteiger partial charge on any atom is -0.327 e. The largest absolute Gasteiger partial charge is 0.327 e. The molecule has 2 atom stereocenters. The second-order valence-electron chi connectivity index (χ2n) is 6.38. The number of hydrogen-bond donors (Lipinski definition) is 2. The number of urea groups is 1. The number of carbonyl (C=O) groups excluding carboxylic acids is 3. The van der Waals surface area contributed by atoms with Crippen molar-refractivity contribution in [3.8, 4) is 0 Å². The highest BCUT2D eigenvalue weighted by Gasteiger charge is 2.42. The van der Waals surface area contributed by atoms with Crippen LogP contribution in [0.15, 0.2) is 30.3 Å². The minimum atomic E-state index is -1.07. The Morgan fingerprint density at radius 3 is 2.71 bits per heavy atom. The fraction of sp³-hybridized carbons (Fsp3) is 0.389. The van der Waals surface area contributed by atoms with Crippen LogP contribution in [0.3, 0.4) is 0 Å². The Hall–Kier alpha value is -3.27. The average Bonchev–Trinajstić information content (AvgIpc) is 2.65. The molecule has 0 spiro atoms. The van der Waals surface area contributed by atoms with Crippen LogP contribution in [0.2, 0.25) is 0 Å². The molecule has 1 aliphatic heterocycles. The van der Waals surface area contributed by atoms with Crippen LogP contribution < -0.4 is 11.1 Å². The highest BCUT2D eigenvalue weighted by Crippen LogP contribution is 2.19. The van der Waals surface area contributed by atoms with Gasteiger partial charge < -0.3 is 15.5 Å². The van der Waals surface area contributed by atoms with Crippen molar-refractivity contribution in [3.63, 3.8) is 0 Å². The van der Waals surface area contributed by atoms with Crippen molar-refractivity contribution >= 4 is 29.6 Å². The fourth-order valence-corrected chi connectivity index (χ4v) is 2.91. The molecule has 2 unspecified atom stereocenters. The number of amides is 4. The van der Waals surface area contributed by atoms with E-state index in [4.69, 9.17) is 5.73 Å². The van der Waals surface area contributed by atoms with Crippen molar-refractivity contribution in [1.82, 2.24) is 15.1 Å². The third kappa shape index (κ3) is 4.52. The number of nitrogens with one attached hydrogen (secondary N) is 1. The maximum absolute atomic E-state index is 12.5. The zero-order valence-corrected chi connectivity index (χ0v) is 15.7. The van der Waals surface area contributed by atoms with Crippen LogP contribution in [0.1, 0.15) is 25.3 Å². The summed E-state index contributed by atoms with van der Waals surface area (Å²) in [6, 6.07) is 4.32. The van der Waals surface area contributed by atoms with Crippen LogP contribution >= 0.6 is 0 Å². The molecule has 0 saturated carbocycles. The van der Waals surface area contributed by atoms with Crippen LogP contribution in [0.4, 0.5) is 10.5 Å². The number of unbranched alkanes of at least 4 members (excludes halogenated alkanes) is 1. The molecule has 1 heterocycles. The Bertz CT molecular complexity index is 809. The van der Waals surface area contributed by atoms with Crippen molar-refractivity contribution in [2.75, 3.05) is 13.6 Å². The number of imide groups is 1. The van der Waals surface area contributed by atoms with Crippen LogP contribution in [-0.2, 0) is 9.59 Å². The van der Waals surface area contributed by atoms with E-state index in [1.54, 1.807) is 6.07 Å². The van der Waals surface area contributed by atoms with Crippen LogP contribution in [0, 0.1) is 10.1 Å². The van der Waals surface area contributed by atoms with E-state index in [1.165, 1.54) is 36.2 Å². The first kappa shape index (κ1) is 21.0. The number of likely N-dealkylation sites (N-methyl/N-ethyl adjacent to an activating group) is 1. The molecule has 0 radical (unpaired) electrons. The molecule has 28 heavy (non-hydrogen) atoms. The molecule has 0 bridgehead atoms. The summed E-state index contributed by atoms with van der Waals surface area (Å²) in [5.41, 5.74) is 6.21. The molecule has 150 valence electrons. The van der Waals surface area contributed by atoms with Gasteiger partial charge in [-0.3, -0.25) is 25.0 Å². The SMILES string of the molecule is CCCCN1C(=O)NC(=O)C(N(C)C(=O)/C=C/c2ccccc2[N+](=O)[O-])C1N. The summed E-state index contributed by atoms with van der Waals surface area (Å²) in [6.45, 7) is 2.32. The molecule has 1 aromatic rings. The molecule has 0 aromatic heterocycles. The van der Waals surface area contributed by atoms with E-state index in [0.29, 0.717) is 13.0 Å². The van der Waals surface area contributed by atoms with E-state index in [9.17, 15) is 24.5 Å². The van der Waals surface area contributed by atoms with Crippen molar-refractivity contribution in [1.29, 1.82) is 0 Å². The number of nitro groups is 1. The summed E-state index contributed by atoms with van der Waals surface area (Å²) in [7, 11) is 1.39. The van der Waals surface area contributed by atoms with Crippen LogP contribution in [0.5, 0.6) is 0 Å². The molecular formula is C18H23N5O5. The fourth-order valence-electron chi connectivity index (χ4n) is 2.91. The summed E-state index contributed by atoms with van der Waals surface area (Å²) in [6.07, 6.45) is 3.00. The standard InChI is InChI=1S/C18H23N5O5/c1-3-4-11-22-16(19)15(17(25)20-18(22)26)21(2)14(24)10-9-12-7-5-6-8-13(12)23(27)28/h5-10,15-16H,3-4,11,19H2,1-2H3,(H,20,25,26)/b10-9+. The van der Waals surface area contributed by atoms with Crippen LogP contribution in [-0.4, -0.2) is 58.4 Å².